The van der Waals surface area contributed by atoms with E-state index in [4.69, 9.17) is 0 Å². The Bertz CT molecular complexity index is 802. The number of rotatable bonds is 10. The molecule has 0 rings (SSSR count). The van der Waals surface area contributed by atoms with Crippen LogP contribution in [0.2, 0.25) is 0 Å². The van der Waals surface area contributed by atoms with E-state index in [-0.39, 0.29) is 6.61 Å². The van der Waals surface area contributed by atoms with Crippen molar-refractivity contribution in [3.63, 3.8) is 0 Å². The molecule has 1 nitrogen and oxygen atoms in total. The molecule has 0 amide bonds. The summed E-state index contributed by atoms with van der Waals surface area (Å²) in [5, 5.41) is 10.1. The molecule has 36 heavy (non-hydrogen) atoms. The van der Waals surface area contributed by atoms with Gasteiger partial charge in [0.05, 0.1) is 6.61 Å². The van der Waals surface area contributed by atoms with Crippen LogP contribution in [0.1, 0.15) is 0 Å². The second-order valence-corrected chi connectivity index (χ2v) is 48.1. The van der Waals surface area contributed by atoms with E-state index in [0.717, 1.165) is 0 Å². The normalized spacial score (nSPS) is 17.0. The van der Waals surface area contributed by atoms with Crippen LogP contribution >= 0.6 is 366 Å². The molecule has 0 unspecified atom stereocenters. The Hall–Kier alpha value is 11.0. The van der Waals surface area contributed by atoms with Crippen molar-refractivity contribution in [1.29, 1.82) is 0 Å². The molecule has 0 fully saturated rings. The summed E-state index contributed by atoms with van der Waals surface area (Å²) in [4.78, 5) is 0. The first-order valence-electron chi connectivity index (χ1n) is 7.52. The minimum atomic E-state index is -1.18. The third kappa shape index (κ3) is 8.05. The van der Waals surface area contributed by atoms with Gasteiger partial charge in [0.15, 0.2) is 2.14 Å². The maximum Gasteiger partial charge on any atom is 0.162 e. The third-order valence-corrected chi connectivity index (χ3v) is 51.6. The fourth-order valence-corrected chi connectivity index (χ4v) is 23.3. The van der Waals surface area contributed by atoms with Gasteiger partial charge in [-0.25, -0.2) is 0 Å². The highest BCUT2D eigenvalue weighted by Crippen LogP contribution is 2.80. The fraction of sp³-hybridized carbons (Fsp3) is 1.00. The first kappa shape index (κ1) is 47.0. The number of aliphatic hydroxyl groups is 1. The molecule has 0 aromatic heterocycles. The minimum Gasteiger partial charge on any atom is -0.394 e. The van der Waals surface area contributed by atoms with Crippen LogP contribution in [0.4, 0.5) is 0 Å². The molecule has 0 aromatic rings. The Kier molecular flexibility index (Phi) is 20.0. The third-order valence-electron chi connectivity index (χ3n) is 4.17. The van der Waals surface area contributed by atoms with Gasteiger partial charge >= 0.3 is 0 Å². The first-order chi connectivity index (χ1) is 15.1. The van der Waals surface area contributed by atoms with Gasteiger partial charge in [-0.05, 0) is 0 Å². The van der Waals surface area contributed by atoms with Crippen molar-refractivity contribution in [3.8, 4) is 0 Å². The average Bonchev–Trinajstić information content (AvgIpc) is 2.65. The summed E-state index contributed by atoms with van der Waals surface area (Å²) in [6.07, 6.45) is 0. The lowest BCUT2D eigenvalue weighted by Gasteiger charge is -2.60. The van der Waals surface area contributed by atoms with Crippen LogP contribution < -0.4 is 0 Å². The SMILES string of the molecule is OCC(Br)(Br)C(Br)(Br)C(Br)(Br)C(Br)(Br)C(Br)(Br)C(Br)(Br)C(Br)(Br)C(Br)(Br)C(Br)(Br)C(Br)(Br)C(Br)(Br)Br. The number of aliphatic hydroxyl groups excluding tert-OH is 1. The first-order valence-corrected chi connectivity index (χ1v) is 25.8. The molecule has 0 aliphatic rings. The maximum atomic E-state index is 10.1. The van der Waals surface area contributed by atoms with E-state index < -0.39 is 34.5 Å². The summed E-state index contributed by atoms with van der Waals surface area (Å²) in [6, 6.07) is 0. The predicted molar refractivity (Wildman–Crippen MR) is 242 cm³/mol. The Morgan fingerprint density at radius 2 is 0.444 bits per heavy atom. The van der Waals surface area contributed by atoms with Crippen LogP contribution in [0, 0.1) is 0 Å². The van der Waals surface area contributed by atoms with Gasteiger partial charge in [-0.1, -0.05) is 366 Å². The molecule has 0 bridgehead atoms. The molecule has 0 radical (unpaired) electrons. The van der Waals surface area contributed by atoms with Gasteiger partial charge in [0.25, 0.3) is 0 Å². The van der Waals surface area contributed by atoms with Crippen molar-refractivity contribution < 1.29 is 5.11 Å². The van der Waals surface area contributed by atoms with E-state index in [1.165, 1.54) is 0 Å². The highest BCUT2D eigenvalue weighted by molar-refractivity contribution is 9.42. The molecule has 0 aromatic carbocycles. The van der Waals surface area contributed by atoms with Crippen LogP contribution in [0.25, 0.3) is 0 Å². The predicted octanol–water partition coefficient (Wildman–Crippen LogP) is 16.7. The van der Waals surface area contributed by atoms with Gasteiger partial charge in [-0.2, -0.15) is 0 Å². The summed E-state index contributed by atoms with van der Waals surface area (Å²) in [5.41, 5.74) is 0. The van der Waals surface area contributed by atoms with Crippen LogP contribution in [-0.2, 0) is 0 Å². The van der Waals surface area contributed by atoms with Crippen LogP contribution in [0.3, 0.4) is 0 Å². The molecule has 0 spiro atoms. The second kappa shape index (κ2) is 15.3. The van der Waals surface area contributed by atoms with Crippen molar-refractivity contribution in [1.82, 2.24) is 0 Å². The highest BCUT2D eigenvalue weighted by atomic mass is 80.0. The van der Waals surface area contributed by atoms with Crippen molar-refractivity contribution in [3.05, 3.63) is 0 Å². The summed E-state index contributed by atoms with van der Waals surface area (Å²) < 4.78 is -12.0. The molecular formula is C12H3Br23O. The number of hydrogen-bond acceptors (Lipinski definition) is 1. The number of halogens is 23. The lowest BCUT2D eigenvalue weighted by Crippen LogP contribution is -2.71. The highest BCUT2D eigenvalue weighted by Gasteiger charge is 2.80. The van der Waals surface area contributed by atoms with Crippen molar-refractivity contribution in [2.45, 2.75) is 34.5 Å². The zero-order chi connectivity index (χ0) is 30.2. The van der Waals surface area contributed by atoms with Gasteiger partial charge in [-0.15, -0.1) is 0 Å². The van der Waals surface area contributed by atoms with E-state index in [2.05, 4.69) is 366 Å². The van der Waals surface area contributed by atoms with Gasteiger partial charge in [0, 0.05) is 0 Å². The standard InChI is InChI=1S/C12H3Br23O/c13-2(14,1-36)3(15,16)4(17,18)5(19,20)6(21,22)7(23,24)8(25,26)9(27,28)10(29,30)11(31,32)12(33,34)35/h36H,1H2. The van der Waals surface area contributed by atoms with E-state index in [9.17, 15) is 5.11 Å². The largest absolute Gasteiger partial charge is 0.394 e. The van der Waals surface area contributed by atoms with E-state index >= 15 is 0 Å². The molecule has 218 valence electrons. The molecule has 0 saturated carbocycles. The zero-order valence-corrected chi connectivity index (χ0v) is 51.8. The monoisotopic (exact) mass is 1980 g/mol. The van der Waals surface area contributed by atoms with Crippen LogP contribution in [0.5, 0.6) is 0 Å². The maximum absolute atomic E-state index is 10.1. The van der Waals surface area contributed by atoms with Crippen molar-refractivity contribution >= 4 is 366 Å². The lowest BCUT2D eigenvalue weighted by molar-refractivity contribution is 0.282. The smallest absolute Gasteiger partial charge is 0.162 e. The average molecular weight is 2000 g/mol. The van der Waals surface area contributed by atoms with Gasteiger partial charge in [0.1, 0.15) is 32.3 Å². The van der Waals surface area contributed by atoms with E-state index in [0.29, 0.717) is 0 Å². The summed E-state index contributed by atoms with van der Waals surface area (Å²) in [7, 11) is 0. The quantitative estimate of drug-likeness (QED) is 0.216. The van der Waals surface area contributed by atoms with Crippen LogP contribution in [0.15, 0.2) is 0 Å². The lowest BCUT2D eigenvalue weighted by atomic mass is 10.0. The summed E-state index contributed by atoms with van der Waals surface area (Å²) in [6.45, 7) is -0.293. The second-order valence-electron chi connectivity index (χ2n) is 6.53. The van der Waals surface area contributed by atoms with Gasteiger partial charge < -0.3 is 5.11 Å². The Morgan fingerprint density at radius 3 is 0.611 bits per heavy atom. The fourth-order valence-electron chi connectivity index (χ4n) is 1.89. The molecule has 0 aliphatic carbocycles. The zero-order valence-electron chi connectivity index (χ0n) is 15.3. The molecule has 0 heterocycles. The molecule has 24 heteroatoms. The van der Waals surface area contributed by atoms with Gasteiger partial charge in [-0.3, -0.25) is 0 Å². The molecule has 0 atom stereocenters. The van der Waals surface area contributed by atoms with Crippen molar-refractivity contribution in [2.24, 2.45) is 0 Å². The summed E-state index contributed by atoms with van der Waals surface area (Å²) in [5.74, 6) is 0. The van der Waals surface area contributed by atoms with E-state index in [1.807, 2.05) is 0 Å². The Balaban J connectivity index is 7.18. The topological polar surface area (TPSA) is 20.2 Å². The summed E-state index contributed by atoms with van der Waals surface area (Å²) >= 11 is 86.7. The van der Waals surface area contributed by atoms with Crippen LogP contribution in [-0.4, -0.2) is 46.2 Å². The molecule has 0 saturated heterocycles. The minimum absolute atomic E-state index is 0.293. The Labute approximate surface area is 403 Å². The van der Waals surface area contributed by atoms with E-state index in [1.54, 1.807) is 0 Å². The van der Waals surface area contributed by atoms with Crippen molar-refractivity contribution in [2.75, 3.05) is 6.61 Å². The molecule has 1 N–H and O–H groups in total. The number of hydrogen-bond donors (Lipinski definition) is 1. The van der Waals surface area contributed by atoms with Gasteiger partial charge in [0.2, 0.25) is 0 Å². The Morgan fingerprint density at radius 1 is 0.278 bits per heavy atom. The molecular weight excluding hydrogens is 2000 g/mol. The number of alkyl halides is 23. The molecule has 0 aliphatic heterocycles.